The Balaban J connectivity index is 1.06. The van der Waals surface area contributed by atoms with Crippen LogP contribution in [0.5, 0.6) is 0 Å². The summed E-state index contributed by atoms with van der Waals surface area (Å²) in [5.74, 6) is -1.34. The molecule has 0 unspecified atom stereocenters. The second-order valence-corrected chi connectivity index (χ2v) is 21.8. The van der Waals surface area contributed by atoms with E-state index in [0.29, 0.717) is 39.0 Å². The third-order valence-corrected chi connectivity index (χ3v) is 16.8. The normalized spacial score (nSPS) is 27.9. The van der Waals surface area contributed by atoms with Crippen LogP contribution in [0.4, 0.5) is 0 Å². The summed E-state index contributed by atoms with van der Waals surface area (Å²) in [4.78, 5) is 68.0. The number of esters is 1. The predicted molar refractivity (Wildman–Crippen MR) is 256 cm³/mol. The Hall–Kier alpha value is -5.17. The van der Waals surface area contributed by atoms with Crippen molar-refractivity contribution in [2.75, 3.05) is 60.2 Å². The molecule has 358 valence electrons. The van der Waals surface area contributed by atoms with E-state index in [1.165, 1.54) is 17.7 Å². The van der Waals surface area contributed by atoms with Crippen molar-refractivity contribution in [2.45, 2.75) is 102 Å². The zero-order valence-electron chi connectivity index (χ0n) is 39.8. The smallest absolute Gasteiger partial charge is 0.324 e. The number of hydrogen-bond donors (Lipinski definition) is 2. The molecule has 11 rings (SSSR count). The van der Waals surface area contributed by atoms with E-state index in [4.69, 9.17) is 24.2 Å². The van der Waals surface area contributed by atoms with Crippen molar-refractivity contribution < 1.29 is 28.6 Å². The number of nitrogens with one attached hydrogen (secondary N) is 2. The Morgan fingerprint density at radius 1 is 1.07 bits per heavy atom. The molecule has 68 heavy (non-hydrogen) atoms. The van der Waals surface area contributed by atoms with Crippen molar-refractivity contribution in [3.8, 4) is 22.5 Å². The van der Waals surface area contributed by atoms with Crippen LogP contribution in [0, 0.1) is 17.3 Å². The fraction of sp³-hybridized carbons (Fsp3) is 0.549. The maximum absolute atomic E-state index is 15.4. The molecule has 7 atom stereocenters. The highest BCUT2D eigenvalue weighted by Crippen LogP contribution is 2.53. The van der Waals surface area contributed by atoms with Crippen molar-refractivity contribution in [1.82, 2.24) is 50.1 Å². The Kier molecular flexibility index (Phi) is 11.8. The Labute approximate surface area is 401 Å². The lowest BCUT2D eigenvalue weighted by Crippen LogP contribution is -2.70. The van der Waals surface area contributed by atoms with Crippen LogP contribution in [-0.4, -0.2) is 135 Å². The molecule has 5 aliphatic heterocycles. The van der Waals surface area contributed by atoms with Gasteiger partial charge in [-0.1, -0.05) is 26.8 Å². The molecule has 2 amide bonds. The summed E-state index contributed by atoms with van der Waals surface area (Å²) < 4.78 is 20.4. The quantitative estimate of drug-likeness (QED) is 0.177. The molecule has 0 radical (unpaired) electrons. The van der Waals surface area contributed by atoms with Gasteiger partial charge in [-0.2, -0.15) is 0 Å². The lowest BCUT2D eigenvalue weighted by atomic mass is 9.84. The minimum absolute atomic E-state index is 0.00814. The molecule has 1 aromatic carbocycles. The van der Waals surface area contributed by atoms with Gasteiger partial charge in [-0.25, -0.2) is 20.4 Å². The molecule has 4 saturated heterocycles. The molecule has 6 bridgehead atoms. The van der Waals surface area contributed by atoms with Crippen LogP contribution < -0.4 is 10.7 Å². The number of fused-ring (bicyclic) bond motifs is 6. The molecule has 1 saturated carbocycles. The highest BCUT2D eigenvalue weighted by molar-refractivity contribution is 7.10. The third-order valence-electron chi connectivity index (χ3n) is 15.8. The number of hydrogen-bond acceptors (Lipinski definition) is 14. The highest BCUT2D eigenvalue weighted by Gasteiger charge is 2.57. The highest BCUT2D eigenvalue weighted by atomic mass is 32.1. The Morgan fingerprint density at radius 3 is 2.65 bits per heavy atom. The van der Waals surface area contributed by atoms with Crippen molar-refractivity contribution in [2.24, 2.45) is 17.3 Å². The first-order valence-electron chi connectivity index (χ1n) is 24.3. The Bertz CT molecular complexity index is 2730. The third kappa shape index (κ3) is 7.92. The molecule has 2 N–H and O–H groups in total. The number of methoxy groups -OCH3 is 1. The van der Waals surface area contributed by atoms with Crippen LogP contribution >= 0.6 is 11.3 Å². The summed E-state index contributed by atoms with van der Waals surface area (Å²) in [7, 11) is 3.90. The number of benzene rings is 1. The van der Waals surface area contributed by atoms with Gasteiger partial charge < -0.3 is 24.1 Å². The van der Waals surface area contributed by atoms with Gasteiger partial charge in [0.05, 0.1) is 55.1 Å². The molecule has 1 spiro atoms. The summed E-state index contributed by atoms with van der Waals surface area (Å²) in [6.07, 6.45) is 8.63. The zero-order chi connectivity index (χ0) is 47.1. The van der Waals surface area contributed by atoms with Crippen LogP contribution in [0.2, 0.25) is 0 Å². The average molecular weight is 943 g/mol. The Morgan fingerprint density at radius 2 is 1.91 bits per heavy atom. The largest absolute Gasteiger partial charge is 0.464 e. The van der Waals surface area contributed by atoms with Gasteiger partial charge in [0, 0.05) is 95.0 Å². The van der Waals surface area contributed by atoms with E-state index in [2.05, 4.69) is 92.5 Å². The fourth-order valence-electron chi connectivity index (χ4n) is 11.8. The van der Waals surface area contributed by atoms with Gasteiger partial charge in [-0.05, 0) is 94.4 Å². The van der Waals surface area contributed by atoms with Gasteiger partial charge in [0.1, 0.15) is 23.4 Å². The molecule has 4 aromatic heterocycles. The van der Waals surface area contributed by atoms with Crippen molar-refractivity contribution in [1.29, 1.82) is 0 Å². The predicted octanol–water partition coefficient (Wildman–Crippen LogP) is 5.87. The molecular formula is C51H62N10O6S. The first-order chi connectivity index (χ1) is 32.8. The van der Waals surface area contributed by atoms with Crippen molar-refractivity contribution in [3.05, 3.63) is 82.5 Å². The van der Waals surface area contributed by atoms with Crippen LogP contribution in [0.15, 0.2) is 60.5 Å². The van der Waals surface area contributed by atoms with Crippen LogP contribution in [-0.2, 0) is 35.0 Å². The number of pyridine rings is 1. The van der Waals surface area contributed by atoms with Gasteiger partial charge in [0.25, 0.3) is 5.91 Å². The van der Waals surface area contributed by atoms with E-state index < -0.39 is 29.5 Å². The maximum atomic E-state index is 15.4. The summed E-state index contributed by atoms with van der Waals surface area (Å²) in [6, 6.07) is 10.3. The van der Waals surface area contributed by atoms with Crippen molar-refractivity contribution >= 4 is 40.0 Å². The second-order valence-electron chi connectivity index (χ2n) is 20.9. The van der Waals surface area contributed by atoms with Crippen LogP contribution in [0.3, 0.4) is 0 Å². The van der Waals surface area contributed by atoms with E-state index in [9.17, 15) is 9.59 Å². The molecule has 17 heteroatoms. The lowest BCUT2D eigenvalue weighted by molar-refractivity contribution is -0.156. The van der Waals surface area contributed by atoms with E-state index >= 15 is 4.79 Å². The first kappa shape index (κ1) is 45.3. The minimum atomic E-state index is -1.01. The molecule has 16 nitrogen and oxygen atoms in total. The summed E-state index contributed by atoms with van der Waals surface area (Å²) in [5, 5.41) is 8.80. The zero-order valence-corrected chi connectivity index (χ0v) is 40.6. The molecule has 6 aliphatic rings. The first-order valence-corrected chi connectivity index (χ1v) is 25.2. The van der Waals surface area contributed by atoms with E-state index in [0.717, 1.165) is 87.9 Å². The number of cyclic esters (lactones) is 1. The lowest BCUT2D eigenvalue weighted by Gasteiger charge is -2.55. The van der Waals surface area contributed by atoms with Gasteiger partial charge in [-0.3, -0.25) is 34.2 Å². The topological polar surface area (TPSA) is 169 Å². The fourth-order valence-corrected chi connectivity index (χ4v) is 12.8. The molecular weight excluding hydrogens is 881 g/mol. The van der Waals surface area contributed by atoms with Gasteiger partial charge >= 0.3 is 5.97 Å². The monoisotopic (exact) mass is 942 g/mol. The number of likely N-dealkylation sites (N-methyl/N-ethyl adjacent to an activating group) is 1. The number of likely N-dealkylation sites (tertiary alicyclic amines) is 2. The van der Waals surface area contributed by atoms with Crippen molar-refractivity contribution in [3.63, 3.8) is 0 Å². The maximum Gasteiger partial charge on any atom is 0.324 e. The number of carbonyl (C=O) groups is 3. The van der Waals surface area contributed by atoms with Crippen LogP contribution in [0.25, 0.3) is 33.4 Å². The number of ether oxygens (including phenoxy) is 3. The average Bonchev–Trinajstić information content (AvgIpc) is 3.60. The van der Waals surface area contributed by atoms with Gasteiger partial charge in [0.2, 0.25) is 5.91 Å². The molecule has 9 heterocycles. The minimum Gasteiger partial charge on any atom is -0.464 e. The second kappa shape index (κ2) is 17.7. The number of nitrogens with zero attached hydrogens (tertiary/aromatic N) is 8. The number of hydrazine groups is 1. The summed E-state index contributed by atoms with van der Waals surface area (Å²) in [6.45, 7) is 12.5. The van der Waals surface area contributed by atoms with Gasteiger partial charge in [0.15, 0.2) is 0 Å². The van der Waals surface area contributed by atoms with E-state index in [1.807, 2.05) is 25.3 Å². The number of amides is 2. The number of aromatic nitrogens is 5. The standard InChI is InChI=1S/C51H62N10O6S/c1-29-40(36-14-17-52-28-54-36)41(29)46(62)56-43-45(59-25-51(26-59)15-9-18-58(51)5)47-55-38(24-68-47)31-12-13-39-34(20-31)35(21-50(3,4)27-67-49(64)37-11-8-19-60(57-37)48(43)63)44(61(39)32-22-66-23-32)33-10-7-16-53-42(33)30(2)65-6/h7,10,12-14,16-17,20,24,28-30,32,37,40-41,43,45,57H,8-9,11,15,18-19,21-23,25-27H2,1-6H3,(H,56,62)/t29-,30-,37-,40-,41+,43-,45-/m0/s1. The number of rotatable bonds is 8. The van der Waals surface area contributed by atoms with Crippen LogP contribution in [0.1, 0.15) is 99.4 Å². The van der Waals surface area contributed by atoms with Gasteiger partial charge in [-0.15, -0.1) is 11.3 Å². The summed E-state index contributed by atoms with van der Waals surface area (Å²) >= 11 is 1.53. The SMILES string of the molecule is CO[C@@H](C)c1ncccc1-c1c2c3cc(ccc3n1C1COC1)-c1csc(n1)[C@@H](N1CC3(CCCN3C)C1)[C@H](NC(=O)[C@@H]1[C@@H](C)[C@H]1c1ccncn1)C(=O)N1CCC[C@H](N1)C(=O)OCC(C)(C)C2. The molecule has 5 aromatic rings. The van der Waals surface area contributed by atoms with E-state index in [-0.39, 0.29) is 53.9 Å². The summed E-state index contributed by atoms with van der Waals surface area (Å²) in [5.41, 5.74) is 10.4. The molecule has 1 aliphatic carbocycles. The number of carbonyl (C=O) groups excluding carboxylic acids is 3. The molecule has 5 fully saturated rings. The number of thiazole rings is 1. The van der Waals surface area contributed by atoms with E-state index in [1.54, 1.807) is 18.3 Å².